The lowest BCUT2D eigenvalue weighted by Crippen LogP contribution is -2.24. The van der Waals surface area contributed by atoms with Crippen LogP contribution >= 0.6 is 11.6 Å². The number of alkyl halides is 6. The molecule has 172 valence electrons. The molecule has 0 radical (unpaired) electrons. The van der Waals surface area contributed by atoms with Crippen molar-refractivity contribution < 1.29 is 40.1 Å². The van der Waals surface area contributed by atoms with E-state index >= 15 is 0 Å². The van der Waals surface area contributed by atoms with Crippen molar-refractivity contribution in [3.05, 3.63) is 74.6 Å². The Labute approximate surface area is 184 Å². The topological polar surface area (TPSA) is 59.7 Å². The molecule has 0 amide bonds. The number of aliphatic imine (C=N–C) groups is 1. The number of nitrogens with one attached hydrogen (secondary N) is 1. The molecule has 0 atom stereocenters. The summed E-state index contributed by atoms with van der Waals surface area (Å²) in [5.74, 6) is -1.62. The summed E-state index contributed by atoms with van der Waals surface area (Å²) >= 11 is 6.04. The fourth-order valence-corrected chi connectivity index (χ4v) is 3.26. The van der Waals surface area contributed by atoms with E-state index in [0.29, 0.717) is 12.1 Å². The molecule has 1 aromatic heterocycles. The predicted octanol–water partition coefficient (Wildman–Crippen LogP) is 4.63. The fourth-order valence-electron chi connectivity index (χ4n) is 3.01. The molecule has 0 bridgehead atoms. The molecule has 1 aliphatic rings. The number of benzene rings is 2. The Bertz CT molecular complexity index is 1340. The van der Waals surface area contributed by atoms with Crippen LogP contribution in [0.3, 0.4) is 0 Å². The first-order valence-corrected chi connectivity index (χ1v) is 9.19. The van der Waals surface area contributed by atoms with Gasteiger partial charge in [-0.15, -0.1) is 0 Å². The highest BCUT2D eigenvalue weighted by Crippen LogP contribution is 2.36. The van der Waals surface area contributed by atoms with E-state index in [4.69, 9.17) is 21.0 Å². The van der Waals surface area contributed by atoms with Crippen LogP contribution < -0.4 is 16.1 Å². The van der Waals surface area contributed by atoms with Gasteiger partial charge in [-0.25, -0.2) is 9.87 Å². The molecule has 3 aromatic rings. The van der Waals surface area contributed by atoms with Crippen molar-refractivity contribution in [2.45, 2.75) is 12.4 Å². The van der Waals surface area contributed by atoms with E-state index in [1.165, 1.54) is 12.1 Å². The largest absolute Gasteiger partial charge is 0.416 e. The molecule has 0 aliphatic carbocycles. The zero-order chi connectivity index (χ0) is 24.1. The number of rotatable bonds is 2. The van der Waals surface area contributed by atoms with E-state index < -0.39 is 40.7 Å². The van der Waals surface area contributed by atoms with Crippen molar-refractivity contribution in [3.8, 4) is 11.3 Å². The van der Waals surface area contributed by atoms with E-state index in [1.54, 1.807) is 0 Å². The molecule has 13 heteroatoms. The molecule has 2 heterocycles. The number of hydrogen-bond acceptors (Lipinski definition) is 5. The second kappa shape index (κ2) is 7.80. The summed E-state index contributed by atoms with van der Waals surface area (Å²) < 4.78 is 98.2. The van der Waals surface area contributed by atoms with Crippen molar-refractivity contribution in [2.75, 3.05) is 0 Å². The molecule has 33 heavy (non-hydrogen) atoms. The van der Waals surface area contributed by atoms with Crippen molar-refractivity contribution >= 4 is 29.9 Å². The van der Waals surface area contributed by atoms with Crippen LogP contribution in [0.25, 0.3) is 23.7 Å². The first kappa shape index (κ1) is 22.6. The zero-order valence-electron chi connectivity index (χ0n) is 15.9. The summed E-state index contributed by atoms with van der Waals surface area (Å²) in [7, 11) is 0. The molecule has 0 spiro atoms. The van der Waals surface area contributed by atoms with Gasteiger partial charge in [0.15, 0.2) is 11.3 Å². The quantitative estimate of drug-likeness (QED) is 0.531. The van der Waals surface area contributed by atoms with Crippen LogP contribution in [0.2, 0.25) is 5.02 Å². The minimum atomic E-state index is -5.05. The number of aromatic nitrogens is 1. The summed E-state index contributed by atoms with van der Waals surface area (Å²) in [6.07, 6.45) is -10.1. The van der Waals surface area contributed by atoms with Gasteiger partial charge in [0.2, 0.25) is 0 Å². The van der Waals surface area contributed by atoms with Crippen LogP contribution in [0, 0.1) is 5.82 Å². The van der Waals surface area contributed by atoms with Gasteiger partial charge in [0.1, 0.15) is 16.7 Å². The normalized spacial score (nSPS) is 15.8. The third-order valence-electron chi connectivity index (χ3n) is 4.50. The number of amidine groups is 1. The summed E-state index contributed by atoms with van der Waals surface area (Å²) in [5.41, 5.74) is -1.99. The van der Waals surface area contributed by atoms with Crippen molar-refractivity contribution in [2.24, 2.45) is 4.99 Å². The average molecular weight is 492 g/mol. The van der Waals surface area contributed by atoms with Gasteiger partial charge in [-0.1, -0.05) is 29.4 Å². The van der Waals surface area contributed by atoms with E-state index in [9.17, 15) is 30.7 Å². The van der Waals surface area contributed by atoms with Crippen LogP contribution in [0.1, 0.15) is 16.7 Å². The predicted molar refractivity (Wildman–Crippen MR) is 102 cm³/mol. The average Bonchev–Trinajstić information content (AvgIpc) is 3.33. The molecule has 0 fully saturated rings. The van der Waals surface area contributed by atoms with Gasteiger partial charge in [0, 0.05) is 5.56 Å². The Hall–Kier alpha value is -3.54. The van der Waals surface area contributed by atoms with Gasteiger partial charge >= 0.3 is 12.4 Å². The van der Waals surface area contributed by atoms with E-state index in [2.05, 4.69) is 22.2 Å². The fraction of sp³-hybridized carbons (Fsp3) is 0.100. The van der Waals surface area contributed by atoms with Crippen molar-refractivity contribution in [1.82, 2.24) is 10.6 Å². The molecule has 0 saturated carbocycles. The van der Waals surface area contributed by atoms with Gasteiger partial charge in [-0.2, -0.15) is 31.3 Å². The van der Waals surface area contributed by atoms with Gasteiger partial charge in [-0.3, -0.25) is 0 Å². The lowest BCUT2D eigenvalue weighted by Gasteiger charge is -2.13. The number of hydrogen-bond donors (Lipinski definition) is 1. The van der Waals surface area contributed by atoms with Gasteiger partial charge < -0.3 is 9.36 Å². The molecule has 0 saturated heterocycles. The van der Waals surface area contributed by atoms with Crippen LogP contribution in [0.4, 0.5) is 30.7 Å². The third kappa shape index (κ3) is 4.25. The maximum absolute atomic E-state index is 14.4. The van der Waals surface area contributed by atoms with Gasteiger partial charge in [0.25, 0.3) is 5.88 Å². The second-order valence-corrected chi connectivity index (χ2v) is 7.10. The Morgan fingerprint density at radius 1 is 0.970 bits per heavy atom. The number of hydroxylamine groups is 1. The molecule has 1 aliphatic heterocycles. The monoisotopic (exact) mass is 491 g/mol. The minimum Gasteiger partial charge on any atom is -0.359 e. The van der Waals surface area contributed by atoms with Crippen molar-refractivity contribution in [3.63, 3.8) is 0 Å². The Balaban J connectivity index is 1.91. The third-order valence-corrected chi connectivity index (χ3v) is 4.81. The Morgan fingerprint density at radius 2 is 1.61 bits per heavy atom. The molecular formula is C20H9ClF7N3O2. The summed E-state index contributed by atoms with van der Waals surface area (Å²) in [4.78, 5) is 9.05. The highest BCUT2D eigenvalue weighted by Gasteiger charge is 2.37. The van der Waals surface area contributed by atoms with Gasteiger partial charge in [-0.05, 0) is 30.3 Å². The molecule has 0 unspecified atom stereocenters. The van der Waals surface area contributed by atoms with Gasteiger partial charge in [0.05, 0.1) is 21.7 Å². The Kier molecular flexibility index (Phi) is 5.35. The molecular weight excluding hydrogens is 483 g/mol. The zero-order valence-corrected chi connectivity index (χ0v) is 16.7. The lowest BCUT2D eigenvalue weighted by molar-refractivity contribution is -0.143. The first-order valence-electron chi connectivity index (χ1n) is 8.81. The van der Waals surface area contributed by atoms with Crippen molar-refractivity contribution in [1.29, 1.82) is 0 Å². The molecule has 1 N–H and O–H groups in total. The molecule has 4 rings (SSSR count). The Morgan fingerprint density at radius 3 is 2.18 bits per heavy atom. The van der Waals surface area contributed by atoms with Crippen LogP contribution in [-0.4, -0.2) is 11.0 Å². The standard InChI is InChI=1S/C20H9ClF7N3O2/c1-8-14(16(30-32-8)15-12(21)3-2-4-13(15)22)18-29-17(31-33-18)9-5-10(19(23,24)25)7-11(6-9)20(26,27)28/h2-7H,1H2,(H,29,31). The smallest absolute Gasteiger partial charge is 0.359 e. The summed E-state index contributed by atoms with van der Waals surface area (Å²) in [6.45, 7) is 3.57. The van der Waals surface area contributed by atoms with E-state index in [-0.39, 0.29) is 38.9 Å². The van der Waals surface area contributed by atoms with Crippen LogP contribution in [-0.2, 0) is 17.2 Å². The summed E-state index contributed by atoms with van der Waals surface area (Å²) in [5, 5.41) is 3.53. The lowest BCUT2D eigenvalue weighted by atomic mass is 10.0. The maximum Gasteiger partial charge on any atom is 0.416 e. The first-order chi connectivity index (χ1) is 15.4. The molecule has 2 aromatic carbocycles. The second-order valence-electron chi connectivity index (χ2n) is 6.69. The van der Waals surface area contributed by atoms with E-state index in [0.717, 1.165) is 6.07 Å². The van der Waals surface area contributed by atoms with E-state index in [1.807, 2.05) is 0 Å². The van der Waals surface area contributed by atoms with Crippen LogP contribution in [0.15, 0.2) is 45.9 Å². The highest BCUT2D eigenvalue weighted by molar-refractivity contribution is 6.33. The summed E-state index contributed by atoms with van der Waals surface area (Å²) in [6, 6.07) is 4.74. The maximum atomic E-state index is 14.4. The number of halogens is 8. The highest BCUT2D eigenvalue weighted by atomic mass is 35.5. The molecule has 5 nitrogen and oxygen atoms in total. The number of nitrogens with zero attached hydrogens (tertiary/aromatic N) is 2. The SMILES string of the molecule is C=c1onc(-c2c(F)cccc2Cl)c1=C1N=C(c2cc(C(F)(F)F)cc(C(F)(F)F)c2)NO1. The minimum absolute atomic E-state index is 0.0170. The van der Waals surface area contributed by atoms with Crippen LogP contribution in [0.5, 0.6) is 0 Å².